The molecule has 0 heterocycles. The number of nitrogens with one attached hydrogen (secondary N) is 1. The fourth-order valence-electron chi connectivity index (χ4n) is 2.34. The standard InChI is InChI=1S/C21H15Cl2FN2O2/c22-17-8-5-16(19(23)11-17)13-28-20-4-2-1-3-15(20)12-25-26-21(27)14-6-9-18(24)10-7-14/h1-12H,13H2,(H,26,27)/b25-12-. The Labute approximate surface area is 171 Å². The molecule has 0 unspecified atom stereocenters. The van der Waals surface area contributed by atoms with Crippen molar-refractivity contribution in [3.63, 3.8) is 0 Å². The van der Waals surface area contributed by atoms with Crippen LogP contribution in [0, 0.1) is 5.82 Å². The quantitative estimate of drug-likeness (QED) is 0.427. The highest BCUT2D eigenvalue weighted by atomic mass is 35.5. The monoisotopic (exact) mass is 416 g/mol. The van der Waals surface area contributed by atoms with Crippen molar-refractivity contribution in [2.45, 2.75) is 6.61 Å². The van der Waals surface area contributed by atoms with Crippen LogP contribution in [0.4, 0.5) is 4.39 Å². The van der Waals surface area contributed by atoms with Gasteiger partial charge in [0.15, 0.2) is 0 Å². The molecule has 0 aliphatic heterocycles. The number of halogens is 3. The van der Waals surface area contributed by atoms with Gasteiger partial charge < -0.3 is 4.74 Å². The third-order valence-corrected chi connectivity index (χ3v) is 4.38. The zero-order chi connectivity index (χ0) is 19.9. The molecule has 28 heavy (non-hydrogen) atoms. The molecule has 3 rings (SSSR count). The van der Waals surface area contributed by atoms with E-state index in [2.05, 4.69) is 10.5 Å². The van der Waals surface area contributed by atoms with Gasteiger partial charge in [-0.2, -0.15) is 5.10 Å². The fourth-order valence-corrected chi connectivity index (χ4v) is 2.80. The maximum Gasteiger partial charge on any atom is 0.271 e. The molecule has 1 amide bonds. The summed E-state index contributed by atoms with van der Waals surface area (Å²) >= 11 is 12.1. The van der Waals surface area contributed by atoms with Crippen LogP contribution in [0.2, 0.25) is 10.0 Å². The minimum Gasteiger partial charge on any atom is -0.488 e. The van der Waals surface area contributed by atoms with Gasteiger partial charge in [-0.3, -0.25) is 4.79 Å². The lowest BCUT2D eigenvalue weighted by Gasteiger charge is -2.10. The molecule has 0 spiro atoms. The second kappa shape index (κ2) is 9.35. The molecule has 0 bridgehead atoms. The van der Waals surface area contributed by atoms with E-state index in [1.54, 1.807) is 30.3 Å². The van der Waals surface area contributed by atoms with Gasteiger partial charge in [0.25, 0.3) is 5.91 Å². The normalized spacial score (nSPS) is 10.8. The molecule has 0 fully saturated rings. The van der Waals surface area contributed by atoms with Crippen LogP contribution in [0.3, 0.4) is 0 Å². The van der Waals surface area contributed by atoms with E-state index in [1.807, 2.05) is 12.1 Å². The molecule has 0 atom stereocenters. The molecule has 7 heteroatoms. The number of ether oxygens (including phenoxy) is 1. The van der Waals surface area contributed by atoms with Gasteiger partial charge in [-0.25, -0.2) is 9.82 Å². The predicted molar refractivity (Wildman–Crippen MR) is 109 cm³/mol. The van der Waals surface area contributed by atoms with E-state index in [4.69, 9.17) is 27.9 Å². The van der Waals surface area contributed by atoms with Gasteiger partial charge in [0.1, 0.15) is 18.2 Å². The Morgan fingerprint density at radius 2 is 1.82 bits per heavy atom. The van der Waals surface area contributed by atoms with Gasteiger partial charge >= 0.3 is 0 Å². The van der Waals surface area contributed by atoms with E-state index in [1.165, 1.54) is 30.5 Å². The van der Waals surface area contributed by atoms with Crippen LogP contribution in [0.5, 0.6) is 5.75 Å². The van der Waals surface area contributed by atoms with Crippen molar-refractivity contribution in [3.05, 3.63) is 99.3 Å². The molecule has 3 aromatic rings. The lowest BCUT2D eigenvalue weighted by atomic mass is 10.2. The topological polar surface area (TPSA) is 50.7 Å². The van der Waals surface area contributed by atoms with Gasteiger partial charge in [0.2, 0.25) is 0 Å². The third kappa shape index (κ3) is 5.31. The maximum atomic E-state index is 12.9. The van der Waals surface area contributed by atoms with Crippen LogP contribution >= 0.6 is 23.2 Å². The van der Waals surface area contributed by atoms with Crippen LogP contribution in [-0.4, -0.2) is 12.1 Å². The summed E-state index contributed by atoms with van der Waals surface area (Å²) < 4.78 is 18.7. The number of amides is 1. The van der Waals surface area contributed by atoms with Gasteiger partial charge in [-0.15, -0.1) is 0 Å². The SMILES string of the molecule is O=C(N/N=C\c1ccccc1OCc1ccc(Cl)cc1Cl)c1ccc(F)cc1. The molecule has 0 saturated carbocycles. The second-order valence-electron chi connectivity index (χ2n) is 5.77. The van der Waals surface area contributed by atoms with Crippen molar-refractivity contribution < 1.29 is 13.9 Å². The van der Waals surface area contributed by atoms with Crippen LogP contribution in [0.1, 0.15) is 21.5 Å². The first-order valence-corrected chi connectivity index (χ1v) is 9.03. The second-order valence-corrected chi connectivity index (χ2v) is 6.61. The number of hydrazone groups is 1. The van der Waals surface area contributed by atoms with E-state index in [0.29, 0.717) is 26.9 Å². The van der Waals surface area contributed by atoms with E-state index >= 15 is 0 Å². The summed E-state index contributed by atoms with van der Waals surface area (Å²) in [5.74, 6) is -0.275. The van der Waals surface area contributed by atoms with Crippen molar-refractivity contribution in [1.29, 1.82) is 0 Å². The smallest absolute Gasteiger partial charge is 0.271 e. The Balaban J connectivity index is 1.65. The number of nitrogens with zero attached hydrogens (tertiary/aromatic N) is 1. The first-order valence-electron chi connectivity index (χ1n) is 8.27. The number of rotatable bonds is 6. The molecule has 0 radical (unpaired) electrons. The minimum atomic E-state index is -0.442. The summed E-state index contributed by atoms with van der Waals surface area (Å²) in [5, 5.41) is 5.02. The fraction of sp³-hybridized carbons (Fsp3) is 0.0476. The summed E-state index contributed by atoms with van der Waals surface area (Å²) in [7, 11) is 0. The van der Waals surface area contributed by atoms with Gasteiger partial charge in [0.05, 0.1) is 6.21 Å². The van der Waals surface area contributed by atoms with Crippen molar-refractivity contribution in [3.8, 4) is 5.75 Å². The molecular formula is C21H15Cl2FN2O2. The minimum absolute atomic E-state index is 0.253. The summed E-state index contributed by atoms with van der Waals surface area (Å²) in [6.45, 7) is 0.253. The highest BCUT2D eigenvalue weighted by molar-refractivity contribution is 6.35. The molecule has 0 aliphatic carbocycles. The Hall–Kier alpha value is -2.89. The maximum absolute atomic E-state index is 12.9. The van der Waals surface area contributed by atoms with Crippen molar-refractivity contribution in [2.75, 3.05) is 0 Å². The van der Waals surface area contributed by atoms with Crippen LogP contribution < -0.4 is 10.2 Å². The molecule has 0 saturated heterocycles. The average Bonchev–Trinajstić information content (AvgIpc) is 2.68. The first kappa shape index (κ1) is 19.9. The van der Waals surface area contributed by atoms with E-state index in [-0.39, 0.29) is 6.61 Å². The van der Waals surface area contributed by atoms with Crippen molar-refractivity contribution in [2.24, 2.45) is 5.10 Å². The molecule has 0 aliphatic rings. The Morgan fingerprint density at radius 3 is 2.57 bits per heavy atom. The third-order valence-electron chi connectivity index (χ3n) is 3.79. The summed E-state index contributed by atoms with van der Waals surface area (Å²) in [6, 6.07) is 17.6. The van der Waals surface area contributed by atoms with Crippen LogP contribution in [0.25, 0.3) is 0 Å². The number of hydrogen-bond donors (Lipinski definition) is 1. The summed E-state index contributed by atoms with van der Waals surface area (Å²) in [4.78, 5) is 12.0. The highest BCUT2D eigenvalue weighted by Gasteiger charge is 2.06. The van der Waals surface area contributed by atoms with Crippen LogP contribution in [-0.2, 0) is 6.61 Å². The molecular weight excluding hydrogens is 402 g/mol. The lowest BCUT2D eigenvalue weighted by Crippen LogP contribution is -2.17. The van der Waals surface area contributed by atoms with E-state index < -0.39 is 11.7 Å². The number of benzene rings is 3. The lowest BCUT2D eigenvalue weighted by molar-refractivity contribution is 0.0955. The number of hydrogen-bond acceptors (Lipinski definition) is 3. The molecule has 3 aromatic carbocycles. The number of carbonyl (C=O) groups is 1. The van der Waals surface area contributed by atoms with Crippen LogP contribution in [0.15, 0.2) is 71.8 Å². The molecule has 0 aromatic heterocycles. The molecule has 1 N–H and O–H groups in total. The van der Waals surface area contributed by atoms with Crippen molar-refractivity contribution >= 4 is 35.3 Å². The van der Waals surface area contributed by atoms with Gasteiger partial charge in [-0.05, 0) is 48.5 Å². The summed E-state index contributed by atoms with van der Waals surface area (Å²) in [5.41, 5.74) is 4.17. The highest BCUT2D eigenvalue weighted by Crippen LogP contribution is 2.23. The van der Waals surface area contributed by atoms with E-state index in [9.17, 15) is 9.18 Å². The number of carbonyl (C=O) groups excluding carboxylic acids is 1. The Bertz CT molecular complexity index is 1010. The predicted octanol–water partition coefficient (Wildman–Crippen LogP) is 5.48. The number of para-hydroxylation sites is 1. The Morgan fingerprint density at radius 1 is 1.07 bits per heavy atom. The average molecular weight is 417 g/mol. The molecule has 4 nitrogen and oxygen atoms in total. The van der Waals surface area contributed by atoms with E-state index in [0.717, 1.165) is 5.56 Å². The molecule has 142 valence electrons. The van der Waals surface area contributed by atoms with Gasteiger partial charge in [-0.1, -0.05) is 41.4 Å². The van der Waals surface area contributed by atoms with Crippen molar-refractivity contribution in [1.82, 2.24) is 5.43 Å². The zero-order valence-corrected chi connectivity index (χ0v) is 16.0. The Kier molecular flexibility index (Phi) is 6.63. The summed E-state index contributed by atoms with van der Waals surface area (Å²) in [6.07, 6.45) is 1.47. The largest absolute Gasteiger partial charge is 0.488 e. The zero-order valence-electron chi connectivity index (χ0n) is 14.5. The van der Waals surface area contributed by atoms with Gasteiger partial charge in [0, 0.05) is 26.7 Å². The first-order chi connectivity index (χ1) is 13.5.